The highest BCUT2D eigenvalue weighted by molar-refractivity contribution is 9.07. The Balaban J connectivity index is 1.89. The lowest BCUT2D eigenvalue weighted by atomic mass is 10.1. The molecule has 26 heavy (non-hydrogen) atoms. The zero-order valence-electron chi connectivity index (χ0n) is 13.4. The largest absolute Gasteiger partial charge is 0.405 e. The van der Waals surface area contributed by atoms with Gasteiger partial charge in [0.15, 0.2) is 5.82 Å². The van der Waals surface area contributed by atoms with Crippen molar-refractivity contribution in [2.24, 2.45) is 0 Å². The highest BCUT2D eigenvalue weighted by Crippen LogP contribution is 2.38. The van der Waals surface area contributed by atoms with E-state index in [1.807, 2.05) is 13.0 Å². The van der Waals surface area contributed by atoms with Crippen molar-refractivity contribution in [1.82, 2.24) is 14.0 Å². The van der Waals surface area contributed by atoms with Gasteiger partial charge in [-0.1, -0.05) is 23.2 Å². The van der Waals surface area contributed by atoms with E-state index >= 15 is 0 Å². The summed E-state index contributed by atoms with van der Waals surface area (Å²) in [6.07, 6.45) is 5.20. The fourth-order valence-electron chi connectivity index (χ4n) is 2.77. The van der Waals surface area contributed by atoms with Gasteiger partial charge in [0.1, 0.15) is 6.04 Å². The molecule has 132 valence electrons. The fourth-order valence-corrected chi connectivity index (χ4v) is 3.62. The fraction of sp³-hybridized carbons (Fsp3) is 0.118. The number of halogens is 3. The molecular formula is C17H11BrCl2N4O2. The van der Waals surface area contributed by atoms with E-state index in [2.05, 4.69) is 26.1 Å². The molecule has 0 fully saturated rings. The van der Waals surface area contributed by atoms with Crippen LogP contribution in [0.3, 0.4) is 0 Å². The number of pyridine rings is 1. The molecular weight excluding hydrogens is 443 g/mol. The number of hydrazine groups is 1. The first-order valence-electron chi connectivity index (χ1n) is 7.60. The van der Waals surface area contributed by atoms with Crippen molar-refractivity contribution in [2.45, 2.75) is 13.0 Å². The average Bonchev–Trinajstić information content (AvgIpc) is 3.00. The summed E-state index contributed by atoms with van der Waals surface area (Å²) in [5.74, 6) is 0.709. The third-order valence-electron chi connectivity index (χ3n) is 4.07. The maximum absolute atomic E-state index is 12.5. The van der Waals surface area contributed by atoms with Crippen LogP contribution in [0.15, 0.2) is 51.9 Å². The van der Waals surface area contributed by atoms with Gasteiger partial charge in [0.2, 0.25) is 5.89 Å². The van der Waals surface area contributed by atoms with E-state index in [9.17, 15) is 4.79 Å². The topological polar surface area (TPSA) is 62.5 Å². The smallest absolute Gasteiger partial charge is 0.346 e. The van der Waals surface area contributed by atoms with Crippen LogP contribution in [0.5, 0.6) is 0 Å². The molecule has 1 unspecified atom stereocenters. The van der Waals surface area contributed by atoms with Crippen molar-refractivity contribution in [3.8, 4) is 0 Å². The molecule has 1 atom stereocenters. The minimum Gasteiger partial charge on any atom is -0.405 e. The van der Waals surface area contributed by atoms with Crippen molar-refractivity contribution in [2.75, 3.05) is 5.01 Å². The molecule has 4 rings (SSSR count). The average molecular weight is 454 g/mol. The van der Waals surface area contributed by atoms with Gasteiger partial charge < -0.3 is 4.42 Å². The number of fused-ring (bicyclic) bond motifs is 1. The maximum atomic E-state index is 12.5. The van der Waals surface area contributed by atoms with E-state index in [1.165, 1.54) is 0 Å². The summed E-state index contributed by atoms with van der Waals surface area (Å²) in [7, 11) is 0. The quantitative estimate of drug-likeness (QED) is 0.519. The van der Waals surface area contributed by atoms with Crippen LogP contribution in [0.1, 0.15) is 17.5 Å². The van der Waals surface area contributed by atoms with Gasteiger partial charge in [0, 0.05) is 17.4 Å². The first kappa shape index (κ1) is 17.3. The Bertz CT molecular complexity index is 1100. The Kier molecular flexibility index (Phi) is 4.38. The molecule has 0 amide bonds. The third kappa shape index (κ3) is 2.76. The van der Waals surface area contributed by atoms with Gasteiger partial charge in [-0.15, -0.1) is 0 Å². The van der Waals surface area contributed by atoms with E-state index in [4.69, 9.17) is 27.6 Å². The number of anilines is 1. The van der Waals surface area contributed by atoms with Crippen molar-refractivity contribution < 1.29 is 4.42 Å². The van der Waals surface area contributed by atoms with Crippen molar-refractivity contribution in [1.29, 1.82) is 0 Å². The predicted molar refractivity (Wildman–Crippen MR) is 104 cm³/mol. The summed E-state index contributed by atoms with van der Waals surface area (Å²) >= 11 is 15.9. The van der Waals surface area contributed by atoms with E-state index in [-0.39, 0.29) is 5.89 Å². The number of hydrogen-bond acceptors (Lipinski definition) is 6. The summed E-state index contributed by atoms with van der Waals surface area (Å²) in [4.78, 5) is 21.3. The Labute approximate surface area is 167 Å². The van der Waals surface area contributed by atoms with Crippen LogP contribution in [0.25, 0.3) is 10.9 Å². The van der Waals surface area contributed by atoms with Gasteiger partial charge >= 0.3 is 5.63 Å². The molecule has 6 nitrogen and oxygen atoms in total. The molecule has 2 aromatic heterocycles. The molecule has 0 N–H and O–H groups in total. The molecule has 1 aromatic carbocycles. The highest BCUT2D eigenvalue weighted by atomic mass is 79.9. The summed E-state index contributed by atoms with van der Waals surface area (Å²) in [5, 5.41) is 3.10. The van der Waals surface area contributed by atoms with Gasteiger partial charge in [-0.2, -0.15) is 0 Å². The zero-order chi connectivity index (χ0) is 18.4. The number of nitrogens with zero attached hydrogens (tertiary/aromatic N) is 4. The lowest BCUT2D eigenvalue weighted by Crippen LogP contribution is -2.32. The van der Waals surface area contributed by atoms with E-state index < -0.39 is 11.7 Å². The number of rotatable bonds is 2. The van der Waals surface area contributed by atoms with Gasteiger partial charge in [-0.25, -0.2) is 23.8 Å². The van der Waals surface area contributed by atoms with Crippen LogP contribution in [0.2, 0.25) is 10.0 Å². The first-order valence-corrected chi connectivity index (χ1v) is 9.06. The normalized spacial score (nSPS) is 16.7. The zero-order valence-corrected chi connectivity index (χ0v) is 16.5. The molecule has 1 aliphatic rings. The van der Waals surface area contributed by atoms with E-state index in [0.29, 0.717) is 26.8 Å². The second-order valence-corrected chi connectivity index (χ2v) is 7.18. The lowest BCUT2D eigenvalue weighted by molar-refractivity contribution is 0.404. The third-order valence-corrected chi connectivity index (χ3v) is 5.36. The first-order chi connectivity index (χ1) is 12.5. The second-order valence-electron chi connectivity index (χ2n) is 5.64. The number of benzene rings is 1. The number of hydrogen-bond donors (Lipinski definition) is 0. The van der Waals surface area contributed by atoms with Crippen LogP contribution in [0, 0.1) is 6.92 Å². The van der Waals surface area contributed by atoms with Crippen molar-refractivity contribution >= 4 is 56.1 Å². The van der Waals surface area contributed by atoms with Crippen LogP contribution in [-0.4, -0.2) is 14.0 Å². The molecule has 0 bridgehead atoms. The molecule has 0 spiro atoms. The Morgan fingerprint density at radius 1 is 1.23 bits per heavy atom. The second kappa shape index (κ2) is 6.57. The van der Waals surface area contributed by atoms with Gasteiger partial charge in [0.25, 0.3) is 0 Å². The molecule has 1 aliphatic heterocycles. The minimum absolute atomic E-state index is 0.216. The predicted octanol–water partition coefficient (Wildman–Crippen LogP) is 4.80. The summed E-state index contributed by atoms with van der Waals surface area (Å²) in [6.45, 7) is 1.82. The van der Waals surface area contributed by atoms with Gasteiger partial charge in [-0.05, 0) is 42.8 Å². The Morgan fingerprint density at radius 2 is 2.04 bits per heavy atom. The number of aryl methyl sites for hydroxylation is 1. The Hall–Kier alpha value is -2.09. The van der Waals surface area contributed by atoms with Gasteiger partial charge in [0.05, 0.1) is 32.1 Å². The molecule has 0 saturated heterocycles. The van der Waals surface area contributed by atoms with Crippen molar-refractivity contribution in [3.05, 3.63) is 74.7 Å². The van der Waals surface area contributed by atoms with Crippen molar-refractivity contribution in [3.63, 3.8) is 0 Å². The van der Waals surface area contributed by atoms with Gasteiger partial charge in [-0.3, -0.25) is 0 Å². The Morgan fingerprint density at radius 3 is 2.81 bits per heavy atom. The van der Waals surface area contributed by atoms with E-state index in [0.717, 1.165) is 5.56 Å². The minimum atomic E-state index is -0.503. The van der Waals surface area contributed by atoms with Crippen LogP contribution < -0.4 is 10.6 Å². The summed E-state index contributed by atoms with van der Waals surface area (Å²) < 4.78 is 7.12. The lowest BCUT2D eigenvalue weighted by Gasteiger charge is -2.29. The summed E-state index contributed by atoms with van der Waals surface area (Å²) in [5.41, 5.74) is 0.758. The van der Waals surface area contributed by atoms with Crippen LogP contribution in [-0.2, 0) is 0 Å². The maximum Gasteiger partial charge on any atom is 0.346 e. The molecule has 0 aliphatic carbocycles. The van der Waals surface area contributed by atoms with E-state index in [1.54, 1.807) is 45.7 Å². The standard InChI is InChI=1S/C17H11BrCl2N4O2/c1-9-11(19)5-4-10-14(9)22-16(26-17(10)25)13-6-8-23(18)24(13)15-12(20)3-2-7-21-15/h2-8,13H,1H3. The molecule has 0 saturated carbocycles. The summed E-state index contributed by atoms with van der Waals surface area (Å²) in [6, 6.07) is 6.24. The molecule has 9 heteroatoms. The highest BCUT2D eigenvalue weighted by Gasteiger charge is 2.33. The van der Waals surface area contributed by atoms with Crippen LogP contribution >= 0.6 is 39.3 Å². The molecule has 3 heterocycles. The number of aromatic nitrogens is 2. The monoisotopic (exact) mass is 452 g/mol. The molecule has 0 radical (unpaired) electrons. The SMILES string of the molecule is Cc1c(Cl)ccc2c(=O)oc(C3C=CN(Br)N3c3ncccc3Cl)nc12. The molecule has 3 aromatic rings. The van der Waals surface area contributed by atoms with Crippen LogP contribution in [0.4, 0.5) is 5.82 Å².